The molecule has 0 unspecified atom stereocenters. The van der Waals surface area contributed by atoms with Gasteiger partial charge in [-0.05, 0) is 12.3 Å². The van der Waals surface area contributed by atoms with Crippen molar-refractivity contribution < 1.29 is 9.90 Å². The Bertz CT molecular complexity index is 606. The average molecular weight is 251 g/mol. The predicted octanol–water partition coefficient (Wildman–Crippen LogP) is 0.0801. The number of rotatable bonds is 4. The topological polar surface area (TPSA) is 116 Å². The fourth-order valence-corrected chi connectivity index (χ4v) is 1.58. The molecule has 0 saturated carbocycles. The van der Waals surface area contributed by atoms with Gasteiger partial charge in [0.2, 0.25) is 0 Å². The number of hydrogen-bond donors (Lipinski definition) is 2. The van der Waals surface area contributed by atoms with Crippen LogP contribution in [0.4, 0.5) is 0 Å². The number of hydrogen-bond acceptors (Lipinski definition) is 4. The molecule has 0 bridgehead atoms. The number of aromatic nitrogens is 2. The van der Waals surface area contributed by atoms with Gasteiger partial charge in [0.25, 0.3) is 5.56 Å². The second kappa shape index (κ2) is 5.31. The normalized spacial score (nSPS) is 12.1. The number of nitriles is 1. The molecule has 1 aromatic rings. The maximum absolute atomic E-state index is 11.6. The maximum atomic E-state index is 11.6. The highest BCUT2D eigenvalue weighted by Crippen LogP contribution is 2.15. The molecular weight excluding hydrogens is 238 g/mol. The number of H-pyrrole nitrogens is 1. The van der Waals surface area contributed by atoms with Crippen LogP contribution >= 0.6 is 0 Å². The molecule has 7 heteroatoms. The first-order valence-electron chi connectivity index (χ1n) is 5.35. The molecule has 7 nitrogen and oxygen atoms in total. The molecule has 1 atom stereocenters. The number of nitrogens with one attached hydrogen (secondary N) is 1. The van der Waals surface area contributed by atoms with Gasteiger partial charge >= 0.3 is 11.7 Å². The van der Waals surface area contributed by atoms with E-state index in [9.17, 15) is 14.4 Å². The molecule has 0 aliphatic rings. The lowest BCUT2D eigenvalue weighted by Crippen LogP contribution is -2.36. The Morgan fingerprint density at radius 2 is 2.17 bits per heavy atom. The maximum Gasteiger partial charge on any atom is 0.329 e. The molecule has 0 spiro atoms. The minimum absolute atomic E-state index is 0.0514. The summed E-state index contributed by atoms with van der Waals surface area (Å²) in [5.74, 6) is -1.13. The van der Waals surface area contributed by atoms with E-state index in [4.69, 9.17) is 10.4 Å². The van der Waals surface area contributed by atoms with Crippen molar-refractivity contribution in [2.75, 3.05) is 0 Å². The molecule has 0 saturated heterocycles. The summed E-state index contributed by atoms with van der Waals surface area (Å²) in [7, 11) is 0. The molecule has 0 aliphatic heterocycles. The number of nitrogens with zero attached hydrogens (tertiary/aromatic N) is 2. The van der Waals surface area contributed by atoms with Gasteiger partial charge in [-0.25, -0.2) is 9.59 Å². The van der Waals surface area contributed by atoms with Gasteiger partial charge in [-0.3, -0.25) is 14.3 Å². The Hall–Kier alpha value is -2.36. The van der Waals surface area contributed by atoms with Gasteiger partial charge in [0.1, 0.15) is 17.7 Å². The lowest BCUT2D eigenvalue weighted by Gasteiger charge is -2.17. The zero-order valence-electron chi connectivity index (χ0n) is 10.0. The first-order chi connectivity index (χ1) is 8.36. The predicted molar refractivity (Wildman–Crippen MR) is 62.2 cm³/mol. The molecule has 0 fully saturated rings. The zero-order chi connectivity index (χ0) is 13.9. The summed E-state index contributed by atoms with van der Waals surface area (Å²) in [4.78, 5) is 35.8. The lowest BCUT2D eigenvalue weighted by molar-refractivity contribution is -0.141. The van der Waals surface area contributed by atoms with Gasteiger partial charge in [-0.1, -0.05) is 13.8 Å². The quantitative estimate of drug-likeness (QED) is 0.786. The van der Waals surface area contributed by atoms with Crippen LogP contribution in [-0.2, 0) is 4.79 Å². The molecule has 18 heavy (non-hydrogen) atoms. The lowest BCUT2D eigenvalue weighted by atomic mass is 10.0. The number of aliphatic carboxylic acids is 1. The van der Waals surface area contributed by atoms with Crippen LogP contribution in [0.3, 0.4) is 0 Å². The molecule has 1 aromatic heterocycles. The first-order valence-corrected chi connectivity index (χ1v) is 5.35. The SMILES string of the molecule is CC(C)C[C@@H](C(=O)O)n1cc(C#N)c(=O)[nH]c1=O. The van der Waals surface area contributed by atoms with Crippen molar-refractivity contribution >= 4 is 5.97 Å². The van der Waals surface area contributed by atoms with Crippen LogP contribution in [0, 0.1) is 17.2 Å². The first kappa shape index (κ1) is 13.7. The highest BCUT2D eigenvalue weighted by molar-refractivity contribution is 5.71. The van der Waals surface area contributed by atoms with Crippen LogP contribution < -0.4 is 11.2 Å². The van der Waals surface area contributed by atoms with E-state index in [0.717, 1.165) is 10.8 Å². The van der Waals surface area contributed by atoms with E-state index in [2.05, 4.69) is 0 Å². The summed E-state index contributed by atoms with van der Waals surface area (Å²) in [6.07, 6.45) is 1.22. The van der Waals surface area contributed by atoms with E-state index >= 15 is 0 Å². The summed E-state index contributed by atoms with van der Waals surface area (Å²) in [6, 6.07) is 0.518. The average Bonchev–Trinajstić information content (AvgIpc) is 2.26. The van der Waals surface area contributed by atoms with Crippen LogP contribution in [0.1, 0.15) is 31.9 Å². The second-order valence-corrected chi connectivity index (χ2v) is 4.30. The van der Waals surface area contributed by atoms with Crippen molar-refractivity contribution in [3.8, 4) is 6.07 Å². The fraction of sp³-hybridized carbons (Fsp3) is 0.455. The standard InChI is InChI=1S/C11H13N3O4/c1-6(2)3-8(10(16)17)14-5-7(4-12)9(15)13-11(14)18/h5-6,8H,3H2,1-2H3,(H,16,17)(H,13,15,18)/t8-/m0/s1. The monoisotopic (exact) mass is 251 g/mol. The molecule has 0 aliphatic carbocycles. The third-order valence-corrected chi connectivity index (χ3v) is 2.40. The van der Waals surface area contributed by atoms with E-state index in [1.54, 1.807) is 6.07 Å². The van der Waals surface area contributed by atoms with Gasteiger partial charge in [-0.2, -0.15) is 5.26 Å². The van der Waals surface area contributed by atoms with Crippen LogP contribution in [0.2, 0.25) is 0 Å². The highest BCUT2D eigenvalue weighted by atomic mass is 16.4. The molecule has 0 aromatic carbocycles. The molecule has 2 N–H and O–H groups in total. The molecule has 1 rings (SSSR count). The Labute approximate surface area is 102 Å². The Balaban J connectivity index is 3.38. The number of carboxylic acid groups (broad SMARTS) is 1. The van der Waals surface area contributed by atoms with Crippen LogP contribution in [-0.4, -0.2) is 20.6 Å². The third kappa shape index (κ3) is 2.85. The number of aromatic amines is 1. The van der Waals surface area contributed by atoms with Crippen molar-refractivity contribution in [1.82, 2.24) is 9.55 Å². The summed E-state index contributed by atoms with van der Waals surface area (Å²) >= 11 is 0. The van der Waals surface area contributed by atoms with E-state index < -0.39 is 23.3 Å². The van der Waals surface area contributed by atoms with Crippen LogP contribution in [0.5, 0.6) is 0 Å². The van der Waals surface area contributed by atoms with Crippen LogP contribution in [0.15, 0.2) is 15.8 Å². The van der Waals surface area contributed by atoms with Crippen molar-refractivity contribution in [3.05, 3.63) is 32.6 Å². The van der Waals surface area contributed by atoms with E-state index in [1.807, 2.05) is 18.8 Å². The van der Waals surface area contributed by atoms with Gasteiger partial charge in [0.15, 0.2) is 0 Å². The Kier molecular flexibility index (Phi) is 4.05. The van der Waals surface area contributed by atoms with Crippen molar-refractivity contribution in [2.45, 2.75) is 26.3 Å². The molecule has 0 radical (unpaired) electrons. The van der Waals surface area contributed by atoms with Crippen molar-refractivity contribution in [2.24, 2.45) is 5.92 Å². The molecular formula is C11H13N3O4. The summed E-state index contributed by atoms with van der Waals surface area (Å²) < 4.78 is 0.877. The third-order valence-electron chi connectivity index (χ3n) is 2.40. The zero-order valence-corrected chi connectivity index (χ0v) is 10.0. The van der Waals surface area contributed by atoms with E-state index in [1.165, 1.54) is 0 Å². The minimum Gasteiger partial charge on any atom is -0.480 e. The van der Waals surface area contributed by atoms with E-state index in [-0.39, 0.29) is 17.9 Å². The summed E-state index contributed by atoms with van der Waals surface area (Å²) in [5, 5.41) is 17.8. The molecule has 0 amide bonds. The van der Waals surface area contributed by atoms with Gasteiger partial charge in [0, 0.05) is 6.20 Å². The molecule has 96 valence electrons. The van der Waals surface area contributed by atoms with Crippen molar-refractivity contribution in [3.63, 3.8) is 0 Å². The van der Waals surface area contributed by atoms with Gasteiger partial charge in [-0.15, -0.1) is 0 Å². The number of carbonyl (C=O) groups is 1. The van der Waals surface area contributed by atoms with Gasteiger partial charge < -0.3 is 5.11 Å². The fourth-order valence-electron chi connectivity index (χ4n) is 1.58. The smallest absolute Gasteiger partial charge is 0.329 e. The summed E-state index contributed by atoms with van der Waals surface area (Å²) in [6.45, 7) is 3.63. The Morgan fingerprint density at radius 1 is 1.56 bits per heavy atom. The summed E-state index contributed by atoms with van der Waals surface area (Å²) in [5.41, 5.74) is -1.93. The Morgan fingerprint density at radius 3 is 2.61 bits per heavy atom. The molecule has 1 heterocycles. The van der Waals surface area contributed by atoms with Crippen molar-refractivity contribution in [1.29, 1.82) is 5.26 Å². The number of carboxylic acids is 1. The van der Waals surface area contributed by atoms with Crippen LogP contribution in [0.25, 0.3) is 0 Å². The minimum atomic E-state index is -1.18. The largest absolute Gasteiger partial charge is 0.480 e. The van der Waals surface area contributed by atoms with E-state index in [0.29, 0.717) is 0 Å². The second-order valence-electron chi connectivity index (χ2n) is 4.30. The van der Waals surface area contributed by atoms with Gasteiger partial charge in [0.05, 0.1) is 0 Å². The highest BCUT2D eigenvalue weighted by Gasteiger charge is 2.23.